The molecule has 1 aliphatic rings. The third-order valence-electron chi connectivity index (χ3n) is 5.71. The van der Waals surface area contributed by atoms with Crippen LogP contribution in [0.25, 0.3) is 10.8 Å². The van der Waals surface area contributed by atoms with Gasteiger partial charge in [-0.2, -0.15) is 0 Å². The number of carbonyl (C=O) groups is 3. The molecule has 6 nitrogen and oxygen atoms in total. The highest BCUT2D eigenvalue weighted by atomic mass is 16.2. The first-order chi connectivity index (χ1) is 15.6. The lowest BCUT2D eigenvalue weighted by molar-refractivity contribution is -0.121. The third-order valence-corrected chi connectivity index (χ3v) is 5.71. The molecule has 3 amide bonds. The van der Waals surface area contributed by atoms with Crippen molar-refractivity contribution in [2.24, 2.45) is 0 Å². The van der Waals surface area contributed by atoms with E-state index in [-0.39, 0.29) is 30.7 Å². The fourth-order valence-electron chi connectivity index (χ4n) is 3.93. The summed E-state index contributed by atoms with van der Waals surface area (Å²) >= 11 is 0. The molecule has 6 heteroatoms. The maximum absolute atomic E-state index is 12.5. The van der Waals surface area contributed by atoms with Gasteiger partial charge in [-0.15, -0.1) is 0 Å². The molecule has 1 fully saturated rings. The van der Waals surface area contributed by atoms with Gasteiger partial charge in [0, 0.05) is 43.7 Å². The minimum Gasteiger partial charge on any atom is -0.352 e. The van der Waals surface area contributed by atoms with Crippen LogP contribution < -0.4 is 10.6 Å². The summed E-state index contributed by atoms with van der Waals surface area (Å²) in [4.78, 5) is 39.0. The Morgan fingerprint density at radius 3 is 2.38 bits per heavy atom. The van der Waals surface area contributed by atoms with Gasteiger partial charge in [-0.05, 0) is 53.4 Å². The van der Waals surface area contributed by atoms with E-state index in [9.17, 15) is 14.4 Å². The standard InChI is InChI=1S/C26H27N3O3/c30-24(12-13-27-25(31)22-11-10-20-7-1-2-8-21(20)17-22)28-18-19-6-5-9-23(16-19)26(32)29-14-3-4-15-29/h1-2,5-11,16-17H,3-4,12-15,18H2,(H,27,31)(H,28,30). The maximum Gasteiger partial charge on any atom is 0.253 e. The Morgan fingerprint density at radius 2 is 1.56 bits per heavy atom. The van der Waals surface area contributed by atoms with Gasteiger partial charge in [0.05, 0.1) is 0 Å². The smallest absolute Gasteiger partial charge is 0.253 e. The fourth-order valence-corrected chi connectivity index (χ4v) is 3.93. The first-order valence-corrected chi connectivity index (χ1v) is 11.0. The zero-order valence-corrected chi connectivity index (χ0v) is 18.0. The van der Waals surface area contributed by atoms with Crippen molar-refractivity contribution in [3.05, 3.63) is 83.4 Å². The van der Waals surface area contributed by atoms with Crippen molar-refractivity contribution in [2.75, 3.05) is 19.6 Å². The lowest BCUT2D eigenvalue weighted by Gasteiger charge is -2.15. The average molecular weight is 430 g/mol. The largest absolute Gasteiger partial charge is 0.352 e. The molecule has 1 saturated heterocycles. The van der Waals surface area contributed by atoms with E-state index < -0.39 is 0 Å². The number of nitrogens with zero attached hydrogens (tertiary/aromatic N) is 1. The molecule has 164 valence electrons. The van der Waals surface area contributed by atoms with E-state index in [0.717, 1.165) is 42.3 Å². The second-order valence-electron chi connectivity index (χ2n) is 8.04. The van der Waals surface area contributed by atoms with Gasteiger partial charge in [0.15, 0.2) is 0 Å². The Hall–Kier alpha value is -3.67. The zero-order valence-electron chi connectivity index (χ0n) is 18.0. The summed E-state index contributed by atoms with van der Waals surface area (Å²) in [5, 5.41) is 7.74. The highest BCUT2D eigenvalue weighted by Crippen LogP contribution is 2.16. The number of hydrogen-bond donors (Lipinski definition) is 2. The van der Waals surface area contributed by atoms with Gasteiger partial charge in [0.25, 0.3) is 11.8 Å². The number of carbonyl (C=O) groups excluding carboxylic acids is 3. The van der Waals surface area contributed by atoms with E-state index in [4.69, 9.17) is 0 Å². The van der Waals surface area contributed by atoms with Crippen molar-refractivity contribution >= 4 is 28.5 Å². The summed E-state index contributed by atoms with van der Waals surface area (Å²) in [6, 6.07) is 20.8. The molecule has 2 N–H and O–H groups in total. The van der Waals surface area contributed by atoms with Crippen molar-refractivity contribution in [1.29, 1.82) is 0 Å². The Balaban J connectivity index is 1.23. The van der Waals surface area contributed by atoms with Crippen LogP contribution in [-0.2, 0) is 11.3 Å². The molecule has 0 aliphatic carbocycles. The Labute approximate surface area is 187 Å². The number of nitrogens with one attached hydrogen (secondary N) is 2. The van der Waals surface area contributed by atoms with E-state index in [1.165, 1.54) is 0 Å². The average Bonchev–Trinajstić information content (AvgIpc) is 3.37. The van der Waals surface area contributed by atoms with Crippen LogP contribution in [0.1, 0.15) is 45.5 Å². The fraction of sp³-hybridized carbons (Fsp3) is 0.269. The maximum atomic E-state index is 12.5. The summed E-state index contributed by atoms with van der Waals surface area (Å²) < 4.78 is 0. The quantitative estimate of drug-likeness (QED) is 0.603. The third kappa shape index (κ3) is 5.32. The van der Waals surface area contributed by atoms with Gasteiger partial charge in [0.2, 0.25) is 5.91 Å². The minimum atomic E-state index is -0.198. The van der Waals surface area contributed by atoms with Crippen LogP contribution >= 0.6 is 0 Å². The molecule has 0 radical (unpaired) electrons. The van der Waals surface area contributed by atoms with Gasteiger partial charge < -0.3 is 15.5 Å². The van der Waals surface area contributed by atoms with Crippen molar-refractivity contribution in [3.8, 4) is 0 Å². The molecule has 0 aromatic heterocycles. The van der Waals surface area contributed by atoms with E-state index in [0.29, 0.717) is 17.7 Å². The van der Waals surface area contributed by atoms with E-state index in [1.807, 2.05) is 65.6 Å². The van der Waals surface area contributed by atoms with Crippen LogP contribution in [0.4, 0.5) is 0 Å². The van der Waals surface area contributed by atoms with Gasteiger partial charge >= 0.3 is 0 Å². The summed E-state index contributed by atoms with van der Waals surface area (Å²) in [6.45, 7) is 2.22. The van der Waals surface area contributed by atoms with Gasteiger partial charge in [-0.1, -0.05) is 42.5 Å². The Morgan fingerprint density at radius 1 is 0.781 bits per heavy atom. The molecule has 0 unspecified atom stereocenters. The molecule has 0 saturated carbocycles. The molecular weight excluding hydrogens is 402 g/mol. The first kappa shape index (κ1) is 21.6. The molecule has 32 heavy (non-hydrogen) atoms. The number of rotatable bonds is 7. The van der Waals surface area contributed by atoms with Crippen molar-refractivity contribution in [1.82, 2.24) is 15.5 Å². The van der Waals surface area contributed by atoms with E-state index in [2.05, 4.69) is 10.6 Å². The number of likely N-dealkylation sites (tertiary alicyclic amines) is 1. The van der Waals surface area contributed by atoms with Gasteiger partial charge in [0.1, 0.15) is 0 Å². The number of fused-ring (bicyclic) bond motifs is 1. The summed E-state index contributed by atoms with van der Waals surface area (Å²) in [7, 11) is 0. The highest BCUT2D eigenvalue weighted by Gasteiger charge is 2.19. The minimum absolute atomic E-state index is 0.0482. The highest BCUT2D eigenvalue weighted by molar-refractivity contribution is 5.98. The topological polar surface area (TPSA) is 78.5 Å². The van der Waals surface area contributed by atoms with Crippen molar-refractivity contribution in [3.63, 3.8) is 0 Å². The Bertz CT molecular complexity index is 1140. The lowest BCUT2D eigenvalue weighted by Crippen LogP contribution is -2.30. The van der Waals surface area contributed by atoms with Gasteiger partial charge in [-0.25, -0.2) is 0 Å². The Kier molecular flexibility index (Phi) is 6.80. The molecule has 1 heterocycles. The molecular formula is C26H27N3O3. The molecule has 0 bridgehead atoms. The second-order valence-corrected chi connectivity index (χ2v) is 8.04. The normalized spacial score (nSPS) is 13.2. The van der Waals surface area contributed by atoms with Crippen LogP contribution in [0.3, 0.4) is 0 Å². The lowest BCUT2D eigenvalue weighted by atomic mass is 10.1. The molecule has 3 aromatic carbocycles. The predicted molar refractivity (Wildman–Crippen MR) is 124 cm³/mol. The number of hydrogen-bond acceptors (Lipinski definition) is 3. The van der Waals surface area contributed by atoms with Crippen LogP contribution in [0.15, 0.2) is 66.7 Å². The summed E-state index contributed by atoms with van der Waals surface area (Å²) in [6.07, 6.45) is 2.30. The predicted octanol–water partition coefficient (Wildman–Crippen LogP) is 3.51. The van der Waals surface area contributed by atoms with E-state index >= 15 is 0 Å². The van der Waals surface area contributed by atoms with E-state index in [1.54, 1.807) is 6.07 Å². The van der Waals surface area contributed by atoms with Crippen LogP contribution in [0.2, 0.25) is 0 Å². The second kappa shape index (κ2) is 10.1. The monoisotopic (exact) mass is 429 g/mol. The molecule has 3 aromatic rings. The molecule has 4 rings (SSSR count). The zero-order chi connectivity index (χ0) is 22.3. The molecule has 1 aliphatic heterocycles. The first-order valence-electron chi connectivity index (χ1n) is 11.0. The van der Waals surface area contributed by atoms with Crippen molar-refractivity contribution < 1.29 is 14.4 Å². The van der Waals surface area contributed by atoms with Gasteiger partial charge in [-0.3, -0.25) is 14.4 Å². The van der Waals surface area contributed by atoms with Crippen LogP contribution in [0.5, 0.6) is 0 Å². The summed E-state index contributed by atoms with van der Waals surface area (Å²) in [5.41, 5.74) is 2.11. The number of benzene rings is 3. The summed E-state index contributed by atoms with van der Waals surface area (Å²) in [5.74, 6) is -0.302. The molecule has 0 atom stereocenters. The molecule has 0 spiro atoms. The van der Waals surface area contributed by atoms with Crippen LogP contribution in [0, 0.1) is 0 Å². The van der Waals surface area contributed by atoms with Crippen molar-refractivity contribution in [2.45, 2.75) is 25.8 Å². The number of amides is 3. The SMILES string of the molecule is O=C(CCNC(=O)c1ccc2ccccc2c1)NCc1cccc(C(=O)N2CCCC2)c1. The van der Waals surface area contributed by atoms with Crippen LogP contribution in [-0.4, -0.2) is 42.3 Å².